The second kappa shape index (κ2) is 6.26. The first-order valence-corrected chi connectivity index (χ1v) is 8.02. The van der Waals surface area contributed by atoms with E-state index < -0.39 is 11.7 Å². The Bertz CT molecular complexity index is 1070. The average Bonchev–Trinajstić information content (AvgIpc) is 2.67. The van der Waals surface area contributed by atoms with Crippen LogP contribution in [0.2, 0.25) is 0 Å². The highest BCUT2D eigenvalue weighted by Crippen LogP contribution is 2.35. The second-order valence-corrected chi connectivity index (χ2v) is 5.85. The molecule has 4 rings (SSSR count). The van der Waals surface area contributed by atoms with Gasteiger partial charge in [-0.15, -0.1) is 0 Å². The van der Waals surface area contributed by atoms with Gasteiger partial charge >= 0.3 is 6.18 Å². The number of hydrogen-bond donors (Lipinski definition) is 0. The summed E-state index contributed by atoms with van der Waals surface area (Å²) in [5, 5.41) is 0. The van der Waals surface area contributed by atoms with Gasteiger partial charge in [0.15, 0.2) is 0 Å². The van der Waals surface area contributed by atoms with Crippen LogP contribution in [0.5, 0.6) is 0 Å². The van der Waals surface area contributed by atoms with Crippen molar-refractivity contribution in [2.75, 3.05) is 0 Å². The lowest BCUT2D eigenvalue weighted by molar-refractivity contribution is -0.137. The van der Waals surface area contributed by atoms with E-state index >= 15 is 0 Å². The molecule has 1 aromatic heterocycles. The third kappa shape index (κ3) is 3.04. The molecule has 0 aliphatic rings. The van der Waals surface area contributed by atoms with E-state index in [1.165, 1.54) is 6.07 Å². The van der Waals surface area contributed by atoms with Gasteiger partial charge in [0.1, 0.15) is 0 Å². The molecule has 3 aromatic carbocycles. The topological polar surface area (TPSA) is 25.8 Å². The van der Waals surface area contributed by atoms with Crippen LogP contribution in [0.3, 0.4) is 0 Å². The van der Waals surface area contributed by atoms with Crippen LogP contribution >= 0.6 is 0 Å². The maximum atomic E-state index is 13.1. The quantitative estimate of drug-likeness (QED) is 0.444. The van der Waals surface area contributed by atoms with E-state index in [0.29, 0.717) is 28.0 Å². The molecular formula is C21H13F3N2. The fraction of sp³-hybridized carbons (Fsp3) is 0.0476. The Labute approximate surface area is 148 Å². The number of aromatic nitrogens is 2. The molecule has 0 radical (unpaired) electrons. The fourth-order valence-corrected chi connectivity index (χ4v) is 2.84. The molecule has 0 atom stereocenters. The van der Waals surface area contributed by atoms with Crippen LogP contribution in [0.4, 0.5) is 13.2 Å². The summed E-state index contributed by atoms with van der Waals surface area (Å²) < 4.78 is 39.4. The Morgan fingerprint density at radius 3 is 1.73 bits per heavy atom. The molecule has 0 saturated carbocycles. The minimum Gasteiger partial charge on any atom is -0.244 e. The van der Waals surface area contributed by atoms with Gasteiger partial charge in [0.2, 0.25) is 0 Å². The smallest absolute Gasteiger partial charge is 0.244 e. The van der Waals surface area contributed by atoms with Gasteiger partial charge in [-0.25, -0.2) is 9.97 Å². The van der Waals surface area contributed by atoms with E-state index in [2.05, 4.69) is 9.97 Å². The molecule has 0 bridgehead atoms. The standard InChI is InChI=1S/C21H13F3N2/c22-21(23,24)16-10-6-9-15(13-16)20-19(14-7-2-1-3-8-14)25-17-11-4-5-12-18(17)26-20/h1-13H. The summed E-state index contributed by atoms with van der Waals surface area (Å²) in [4.78, 5) is 9.29. The molecular weight excluding hydrogens is 337 g/mol. The first-order valence-electron chi connectivity index (χ1n) is 8.02. The monoisotopic (exact) mass is 350 g/mol. The van der Waals surface area contributed by atoms with E-state index in [-0.39, 0.29) is 0 Å². The highest BCUT2D eigenvalue weighted by Gasteiger charge is 2.30. The zero-order valence-electron chi connectivity index (χ0n) is 13.5. The number of alkyl halides is 3. The minimum atomic E-state index is -4.41. The Morgan fingerprint density at radius 1 is 0.577 bits per heavy atom. The number of hydrogen-bond acceptors (Lipinski definition) is 2. The van der Waals surface area contributed by atoms with Crippen molar-refractivity contribution in [1.82, 2.24) is 9.97 Å². The van der Waals surface area contributed by atoms with E-state index in [4.69, 9.17) is 0 Å². The Balaban J connectivity index is 1.99. The van der Waals surface area contributed by atoms with Crippen LogP contribution < -0.4 is 0 Å². The lowest BCUT2D eigenvalue weighted by atomic mass is 10.0. The molecule has 0 aliphatic carbocycles. The molecule has 0 unspecified atom stereocenters. The van der Waals surface area contributed by atoms with Crippen molar-refractivity contribution >= 4 is 11.0 Å². The lowest BCUT2D eigenvalue weighted by Crippen LogP contribution is -2.05. The molecule has 0 saturated heterocycles. The number of fused-ring (bicyclic) bond motifs is 1. The van der Waals surface area contributed by atoms with Crippen LogP contribution in [0.1, 0.15) is 5.56 Å². The van der Waals surface area contributed by atoms with Crippen LogP contribution in [0, 0.1) is 0 Å². The predicted octanol–water partition coefficient (Wildman–Crippen LogP) is 5.98. The van der Waals surface area contributed by atoms with Crippen LogP contribution in [-0.2, 0) is 6.18 Å². The lowest BCUT2D eigenvalue weighted by Gasteiger charge is -2.12. The number of nitrogens with zero attached hydrogens (tertiary/aromatic N) is 2. The van der Waals surface area contributed by atoms with E-state index in [1.54, 1.807) is 12.1 Å². The molecule has 5 heteroatoms. The average molecular weight is 350 g/mol. The van der Waals surface area contributed by atoms with Crippen molar-refractivity contribution < 1.29 is 13.2 Å². The van der Waals surface area contributed by atoms with Crippen molar-refractivity contribution in [3.05, 3.63) is 84.4 Å². The molecule has 0 amide bonds. The van der Waals surface area contributed by atoms with Crippen LogP contribution in [0.25, 0.3) is 33.5 Å². The van der Waals surface area contributed by atoms with E-state index in [9.17, 15) is 13.2 Å². The summed E-state index contributed by atoms with van der Waals surface area (Å²) in [7, 11) is 0. The van der Waals surface area contributed by atoms with E-state index in [1.807, 2.05) is 48.5 Å². The summed E-state index contributed by atoms with van der Waals surface area (Å²) in [6, 6.07) is 21.9. The van der Waals surface area contributed by atoms with Gasteiger partial charge in [0, 0.05) is 11.1 Å². The maximum Gasteiger partial charge on any atom is 0.416 e. The van der Waals surface area contributed by atoms with Gasteiger partial charge in [-0.1, -0.05) is 54.6 Å². The summed E-state index contributed by atoms with van der Waals surface area (Å²) in [5.41, 5.74) is 2.81. The highest BCUT2D eigenvalue weighted by atomic mass is 19.4. The van der Waals surface area contributed by atoms with Crippen molar-refractivity contribution in [2.45, 2.75) is 6.18 Å². The van der Waals surface area contributed by atoms with Crippen molar-refractivity contribution in [3.8, 4) is 22.5 Å². The van der Waals surface area contributed by atoms with Gasteiger partial charge in [0.25, 0.3) is 0 Å². The van der Waals surface area contributed by atoms with Gasteiger partial charge in [-0.3, -0.25) is 0 Å². The summed E-state index contributed by atoms with van der Waals surface area (Å²) in [6.07, 6.45) is -4.41. The van der Waals surface area contributed by atoms with Crippen molar-refractivity contribution in [3.63, 3.8) is 0 Å². The summed E-state index contributed by atoms with van der Waals surface area (Å²) in [5.74, 6) is 0. The summed E-state index contributed by atoms with van der Waals surface area (Å²) in [6.45, 7) is 0. The number of benzene rings is 3. The van der Waals surface area contributed by atoms with Gasteiger partial charge < -0.3 is 0 Å². The Morgan fingerprint density at radius 2 is 1.12 bits per heavy atom. The minimum absolute atomic E-state index is 0.386. The van der Waals surface area contributed by atoms with E-state index in [0.717, 1.165) is 17.7 Å². The number of para-hydroxylation sites is 2. The second-order valence-electron chi connectivity index (χ2n) is 5.85. The number of halogens is 3. The normalized spacial score (nSPS) is 11.7. The molecule has 4 aromatic rings. The van der Waals surface area contributed by atoms with Crippen LogP contribution in [0.15, 0.2) is 78.9 Å². The van der Waals surface area contributed by atoms with Crippen molar-refractivity contribution in [1.29, 1.82) is 0 Å². The first kappa shape index (κ1) is 16.3. The number of rotatable bonds is 2. The molecule has 0 aliphatic heterocycles. The highest BCUT2D eigenvalue weighted by molar-refractivity contribution is 5.86. The molecule has 128 valence electrons. The molecule has 0 N–H and O–H groups in total. The van der Waals surface area contributed by atoms with Crippen LogP contribution in [-0.4, -0.2) is 9.97 Å². The third-order valence-corrected chi connectivity index (χ3v) is 4.08. The Hall–Kier alpha value is -3.21. The zero-order chi connectivity index (χ0) is 18.1. The Kier molecular flexibility index (Phi) is 3.92. The molecule has 2 nitrogen and oxygen atoms in total. The maximum absolute atomic E-state index is 13.1. The largest absolute Gasteiger partial charge is 0.416 e. The SMILES string of the molecule is FC(F)(F)c1cccc(-c2nc3ccccc3nc2-c2ccccc2)c1. The predicted molar refractivity (Wildman–Crippen MR) is 95.4 cm³/mol. The van der Waals surface area contributed by atoms with Gasteiger partial charge in [0.05, 0.1) is 28.0 Å². The fourth-order valence-electron chi connectivity index (χ4n) is 2.84. The van der Waals surface area contributed by atoms with Crippen molar-refractivity contribution in [2.24, 2.45) is 0 Å². The molecule has 26 heavy (non-hydrogen) atoms. The molecule has 0 fully saturated rings. The molecule has 0 spiro atoms. The van der Waals surface area contributed by atoms with Gasteiger partial charge in [-0.2, -0.15) is 13.2 Å². The summed E-state index contributed by atoms with van der Waals surface area (Å²) >= 11 is 0. The molecule has 1 heterocycles. The van der Waals surface area contributed by atoms with Gasteiger partial charge in [-0.05, 0) is 24.3 Å². The third-order valence-electron chi connectivity index (χ3n) is 4.08. The zero-order valence-corrected chi connectivity index (χ0v) is 13.5. The first-order chi connectivity index (χ1) is 12.5.